The Bertz CT molecular complexity index is 737. The summed E-state index contributed by atoms with van der Waals surface area (Å²) in [6.45, 7) is 7.21. The van der Waals surface area contributed by atoms with Crippen molar-refractivity contribution in [2.24, 2.45) is 11.1 Å². The summed E-state index contributed by atoms with van der Waals surface area (Å²) in [6, 6.07) is 6.13. The van der Waals surface area contributed by atoms with Gasteiger partial charge in [-0.25, -0.2) is 0 Å². The quantitative estimate of drug-likeness (QED) is 0.666. The summed E-state index contributed by atoms with van der Waals surface area (Å²) in [7, 11) is 0. The predicted molar refractivity (Wildman–Crippen MR) is 108 cm³/mol. The molecule has 1 unspecified atom stereocenters. The second-order valence-electron chi connectivity index (χ2n) is 8.51. The first-order valence-electron chi connectivity index (χ1n) is 10.8. The molecule has 0 aromatic heterocycles. The summed E-state index contributed by atoms with van der Waals surface area (Å²) in [5.74, 6) is 2.30. The maximum atomic E-state index is 6.14. The average molecular weight is 402 g/mol. The molecule has 7 heteroatoms. The Kier molecular flexibility index (Phi) is 5.61. The average Bonchev–Trinajstić information content (AvgIpc) is 3.33. The lowest BCUT2D eigenvalue weighted by atomic mass is 9.93. The van der Waals surface area contributed by atoms with Crippen LogP contribution in [0.5, 0.6) is 11.5 Å². The third-order valence-electron chi connectivity index (χ3n) is 6.12. The fraction of sp³-hybridized carbons (Fsp3) is 0.682. The van der Waals surface area contributed by atoms with E-state index < -0.39 is 0 Å². The van der Waals surface area contributed by atoms with Crippen molar-refractivity contribution in [3.63, 3.8) is 0 Å². The number of hydrogen-bond donors (Lipinski definition) is 0. The molecule has 0 amide bonds. The van der Waals surface area contributed by atoms with Gasteiger partial charge in [-0.3, -0.25) is 4.90 Å². The highest BCUT2D eigenvalue weighted by Gasteiger charge is 2.43. The van der Waals surface area contributed by atoms with Crippen LogP contribution in [0.25, 0.3) is 0 Å². The maximum absolute atomic E-state index is 6.14. The molecule has 0 N–H and O–H groups in total. The monoisotopic (exact) mass is 402 g/mol. The molecule has 2 saturated heterocycles. The van der Waals surface area contributed by atoms with E-state index in [0.29, 0.717) is 19.1 Å². The Morgan fingerprint density at radius 3 is 2.76 bits per heavy atom. The fourth-order valence-corrected chi connectivity index (χ4v) is 4.00. The van der Waals surface area contributed by atoms with Gasteiger partial charge in [0.2, 0.25) is 0 Å². The van der Waals surface area contributed by atoms with Crippen LogP contribution in [-0.4, -0.2) is 75.5 Å². The van der Waals surface area contributed by atoms with Gasteiger partial charge >= 0.3 is 0 Å². The molecule has 4 aliphatic rings. The SMILES string of the molecule is c1cc(OCCN2CCOCC2)c(OCC2CC2)cc1C1=NOC2(CCOC2)C1. The van der Waals surface area contributed by atoms with Crippen molar-refractivity contribution in [2.75, 3.05) is 59.3 Å². The minimum atomic E-state index is -0.266. The van der Waals surface area contributed by atoms with Crippen molar-refractivity contribution < 1.29 is 23.8 Å². The van der Waals surface area contributed by atoms with Crippen LogP contribution < -0.4 is 9.47 Å². The first kappa shape index (κ1) is 19.2. The lowest BCUT2D eigenvalue weighted by Crippen LogP contribution is -2.38. The van der Waals surface area contributed by atoms with Gasteiger partial charge in [-0.15, -0.1) is 0 Å². The maximum Gasteiger partial charge on any atom is 0.168 e. The molecule has 1 aromatic rings. The lowest BCUT2D eigenvalue weighted by Gasteiger charge is -2.26. The molecule has 7 nitrogen and oxygen atoms in total. The van der Waals surface area contributed by atoms with Gasteiger partial charge in [0.1, 0.15) is 6.61 Å². The van der Waals surface area contributed by atoms with Crippen molar-refractivity contribution in [2.45, 2.75) is 31.3 Å². The first-order valence-corrected chi connectivity index (χ1v) is 10.8. The van der Waals surface area contributed by atoms with Crippen LogP contribution >= 0.6 is 0 Å². The molecule has 3 fully saturated rings. The molecule has 1 saturated carbocycles. The lowest BCUT2D eigenvalue weighted by molar-refractivity contribution is -0.0237. The smallest absolute Gasteiger partial charge is 0.168 e. The highest BCUT2D eigenvalue weighted by molar-refractivity contribution is 6.02. The van der Waals surface area contributed by atoms with Crippen molar-refractivity contribution in [1.82, 2.24) is 4.90 Å². The van der Waals surface area contributed by atoms with Gasteiger partial charge < -0.3 is 23.8 Å². The summed E-state index contributed by atoms with van der Waals surface area (Å²) < 4.78 is 23.2. The van der Waals surface area contributed by atoms with E-state index in [1.165, 1.54) is 12.8 Å². The van der Waals surface area contributed by atoms with Crippen LogP contribution in [0.3, 0.4) is 0 Å². The minimum Gasteiger partial charge on any atom is -0.489 e. The Balaban J connectivity index is 1.24. The van der Waals surface area contributed by atoms with Gasteiger partial charge in [-0.05, 0) is 37.0 Å². The highest BCUT2D eigenvalue weighted by atomic mass is 16.7. The van der Waals surface area contributed by atoms with Crippen LogP contribution in [0.1, 0.15) is 31.2 Å². The molecule has 1 spiro atoms. The normalized spacial score (nSPS) is 27.1. The van der Waals surface area contributed by atoms with Gasteiger partial charge in [0.25, 0.3) is 0 Å². The van der Waals surface area contributed by atoms with Crippen LogP contribution in [0.15, 0.2) is 23.4 Å². The zero-order valence-electron chi connectivity index (χ0n) is 16.9. The second-order valence-corrected chi connectivity index (χ2v) is 8.51. The highest BCUT2D eigenvalue weighted by Crippen LogP contribution is 2.37. The van der Waals surface area contributed by atoms with Crippen molar-refractivity contribution in [3.8, 4) is 11.5 Å². The Morgan fingerprint density at radius 2 is 1.97 bits per heavy atom. The van der Waals surface area contributed by atoms with Gasteiger partial charge in [-0.2, -0.15) is 0 Å². The Hall–Kier alpha value is -1.83. The molecule has 0 radical (unpaired) electrons. The predicted octanol–water partition coefficient (Wildman–Crippen LogP) is 2.47. The molecule has 3 heterocycles. The summed E-state index contributed by atoms with van der Waals surface area (Å²) in [6.07, 6.45) is 4.20. The molecule has 29 heavy (non-hydrogen) atoms. The van der Waals surface area contributed by atoms with Gasteiger partial charge in [0, 0.05) is 38.0 Å². The first-order chi connectivity index (χ1) is 14.3. The standard InChI is InChI=1S/C22H30N2O5/c1-2-17(1)15-28-21-13-18(19-14-22(29-23-19)5-9-26-16-22)3-4-20(21)27-12-8-24-6-10-25-11-7-24/h3-4,13,17H,1-2,5-12,14-16H2. The van der Waals surface area contributed by atoms with E-state index in [1.807, 2.05) is 6.07 Å². The molecule has 3 aliphatic heterocycles. The summed E-state index contributed by atoms with van der Waals surface area (Å²) >= 11 is 0. The molecule has 1 aliphatic carbocycles. The molecule has 158 valence electrons. The van der Waals surface area contributed by atoms with E-state index in [2.05, 4.69) is 22.2 Å². The van der Waals surface area contributed by atoms with Gasteiger partial charge in [0.15, 0.2) is 17.1 Å². The van der Waals surface area contributed by atoms with Crippen molar-refractivity contribution in [3.05, 3.63) is 23.8 Å². The molecule has 1 atom stereocenters. The van der Waals surface area contributed by atoms with Crippen molar-refractivity contribution >= 4 is 5.71 Å². The van der Waals surface area contributed by atoms with Crippen LogP contribution in [0, 0.1) is 5.92 Å². The molecular formula is C22H30N2O5. The Labute approximate surface area is 171 Å². The number of nitrogens with zero attached hydrogens (tertiary/aromatic N) is 2. The number of benzene rings is 1. The van der Waals surface area contributed by atoms with E-state index in [0.717, 1.165) is 81.7 Å². The second kappa shape index (κ2) is 8.50. The van der Waals surface area contributed by atoms with Crippen molar-refractivity contribution in [1.29, 1.82) is 0 Å². The zero-order chi connectivity index (χ0) is 19.5. The largest absolute Gasteiger partial charge is 0.489 e. The molecular weight excluding hydrogens is 372 g/mol. The molecule has 1 aromatic carbocycles. The third-order valence-corrected chi connectivity index (χ3v) is 6.12. The van der Waals surface area contributed by atoms with Gasteiger partial charge in [0.05, 0.1) is 38.7 Å². The summed E-state index contributed by atoms with van der Waals surface area (Å²) in [4.78, 5) is 8.13. The number of morpholine rings is 1. The van der Waals surface area contributed by atoms with Gasteiger partial charge in [-0.1, -0.05) is 5.16 Å². The number of rotatable bonds is 8. The van der Waals surface area contributed by atoms with E-state index >= 15 is 0 Å². The van der Waals surface area contributed by atoms with Crippen LogP contribution in [-0.2, 0) is 14.3 Å². The van der Waals surface area contributed by atoms with E-state index in [-0.39, 0.29) is 5.60 Å². The fourth-order valence-electron chi connectivity index (χ4n) is 4.00. The van der Waals surface area contributed by atoms with Crippen LogP contribution in [0.2, 0.25) is 0 Å². The van der Waals surface area contributed by atoms with Crippen LogP contribution in [0.4, 0.5) is 0 Å². The number of ether oxygens (including phenoxy) is 4. The summed E-state index contributed by atoms with van der Waals surface area (Å²) in [5.41, 5.74) is 1.74. The van der Waals surface area contributed by atoms with E-state index in [9.17, 15) is 0 Å². The minimum absolute atomic E-state index is 0.266. The number of hydrogen-bond acceptors (Lipinski definition) is 7. The third kappa shape index (κ3) is 4.68. The summed E-state index contributed by atoms with van der Waals surface area (Å²) in [5, 5.41) is 4.36. The Morgan fingerprint density at radius 1 is 1.07 bits per heavy atom. The number of oxime groups is 1. The topological polar surface area (TPSA) is 61.8 Å². The molecule has 5 rings (SSSR count). The van der Waals surface area contributed by atoms with E-state index in [1.54, 1.807) is 0 Å². The zero-order valence-corrected chi connectivity index (χ0v) is 16.9. The molecule has 0 bridgehead atoms. The van der Waals surface area contributed by atoms with E-state index in [4.69, 9.17) is 23.8 Å².